The first-order chi connectivity index (χ1) is 15.4. The predicted molar refractivity (Wildman–Crippen MR) is 123 cm³/mol. The van der Waals surface area contributed by atoms with Crippen molar-refractivity contribution in [3.63, 3.8) is 0 Å². The Kier molecular flexibility index (Phi) is 7.35. The quantitative estimate of drug-likeness (QED) is 0.640. The van der Waals surface area contributed by atoms with Crippen molar-refractivity contribution < 1.29 is 22.7 Å². The maximum Gasteiger partial charge on any atom is 0.257 e. The molecule has 1 unspecified atom stereocenters. The molecule has 2 aromatic rings. The van der Waals surface area contributed by atoms with Gasteiger partial charge in [-0.1, -0.05) is 24.1 Å². The lowest BCUT2D eigenvalue weighted by atomic mass is 10.2. The van der Waals surface area contributed by atoms with Crippen LogP contribution in [0.25, 0.3) is 0 Å². The molecule has 2 saturated heterocycles. The number of rotatable bonds is 7. The summed E-state index contributed by atoms with van der Waals surface area (Å²) in [5, 5.41) is 2.97. The van der Waals surface area contributed by atoms with E-state index in [1.165, 1.54) is 22.5 Å². The van der Waals surface area contributed by atoms with Crippen molar-refractivity contribution >= 4 is 33.2 Å². The van der Waals surface area contributed by atoms with Crippen LogP contribution >= 0.6 is 11.6 Å². The number of benzene rings is 2. The van der Waals surface area contributed by atoms with Gasteiger partial charge in [-0.2, -0.15) is 4.31 Å². The van der Waals surface area contributed by atoms with E-state index in [0.29, 0.717) is 31.1 Å². The van der Waals surface area contributed by atoms with Gasteiger partial charge in [-0.3, -0.25) is 4.79 Å². The average molecular weight is 479 g/mol. The minimum absolute atomic E-state index is 0.0718. The van der Waals surface area contributed by atoms with Gasteiger partial charge in [-0.15, -0.1) is 0 Å². The van der Waals surface area contributed by atoms with Gasteiger partial charge in [0.05, 0.1) is 21.6 Å². The van der Waals surface area contributed by atoms with Crippen molar-refractivity contribution in [3.05, 3.63) is 53.1 Å². The van der Waals surface area contributed by atoms with E-state index in [2.05, 4.69) is 5.32 Å². The first kappa shape index (κ1) is 23.0. The van der Waals surface area contributed by atoms with Crippen LogP contribution in [0.4, 0.5) is 5.69 Å². The zero-order valence-corrected chi connectivity index (χ0v) is 19.3. The lowest BCUT2D eigenvalue weighted by Crippen LogP contribution is -2.35. The van der Waals surface area contributed by atoms with E-state index < -0.39 is 15.9 Å². The molecule has 172 valence electrons. The molecule has 32 heavy (non-hydrogen) atoms. The molecule has 1 N–H and O–H groups in total. The van der Waals surface area contributed by atoms with E-state index in [1.807, 2.05) is 6.07 Å². The van der Waals surface area contributed by atoms with E-state index in [9.17, 15) is 13.2 Å². The number of ether oxygens (including phenoxy) is 2. The number of nitrogens with zero attached hydrogens (tertiary/aromatic N) is 1. The molecule has 0 spiro atoms. The molecule has 1 atom stereocenters. The largest absolute Gasteiger partial charge is 0.491 e. The third-order valence-electron chi connectivity index (χ3n) is 5.69. The van der Waals surface area contributed by atoms with Crippen LogP contribution in [0.1, 0.15) is 42.5 Å². The van der Waals surface area contributed by atoms with Crippen molar-refractivity contribution in [1.29, 1.82) is 0 Å². The van der Waals surface area contributed by atoms with Crippen LogP contribution in [-0.2, 0) is 14.8 Å². The molecule has 7 nitrogen and oxygen atoms in total. The van der Waals surface area contributed by atoms with Gasteiger partial charge in [0.15, 0.2) is 0 Å². The van der Waals surface area contributed by atoms with Crippen molar-refractivity contribution in [2.45, 2.75) is 43.1 Å². The second kappa shape index (κ2) is 10.2. The molecule has 2 heterocycles. The predicted octanol–water partition coefficient (Wildman–Crippen LogP) is 4.32. The zero-order chi connectivity index (χ0) is 22.6. The highest BCUT2D eigenvalue weighted by Crippen LogP contribution is 2.26. The summed E-state index contributed by atoms with van der Waals surface area (Å²) in [6.07, 6.45) is 4.81. The Labute approximate surface area is 193 Å². The number of hydrogen-bond donors (Lipinski definition) is 1. The van der Waals surface area contributed by atoms with Gasteiger partial charge < -0.3 is 14.8 Å². The summed E-state index contributed by atoms with van der Waals surface area (Å²) in [5.41, 5.74) is 0.635. The third kappa shape index (κ3) is 5.43. The molecule has 2 aromatic carbocycles. The standard InChI is InChI=1S/C23H27ClN2O5S/c24-22-10-9-20(32(28,29)26-11-2-1-3-12-26)15-21(22)23(27)25-17-6-4-7-18(14-17)31-16-19-8-5-13-30-19/h4,6-7,9-10,14-15,19H,1-3,5,8,11-13,16H2,(H,25,27). The van der Waals surface area contributed by atoms with Crippen LogP contribution in [0.15, 0.2) is 47.4 Å². The van der Waals surface area contributed by atoms with Gasteiger partial charge in [0.25, 0.3) is 5.91 Å². The molecule has 0 aromatic heterocycles. The van der Waals surface area contributed by atoms with E-state index in [1.54, 1.807) is 18.2 Å². The van der Waals surface area contributed by atoms with Crippen LogP contribution in [0, 0.1) is 0 Å². The summed E-state index contributed by atoms with van der Waals surface area (Å²) >= 11 is 6.24. The molecular weight excluding hydrogens is 452 g/mol. The highest BCUT2D eigenvalue weighted by molar-refractivity contribution is 7.89. The van der Waals surface area contributed by atoms with E-state index in [4.69, 9.17) is 21.1 Å². The average Bonchev–Trinajstić information content (AvgIpc) is 3.32. The fraction of sp³-hybridized carbons (Fsp3) is 0.435. The Morgan fingerprint density at radius 3 is 2.69 bits per heavy atom. The summed E-state index contributed by atoms with van der Waals surface area (Å²) in [7, 11) is -3.67. The second-order valence-electron chi connectivity index (χ2n) is 8.03. The Bertz CT molecular complexity index is 1060. The molecule has 2 aliphatic rings. The molecule has 0 aliphatic carbocycles. The Hall–Kier alpha value is -2.13. The monoisotopic (exact) mass is 478 g/mol. The van der Waals surface area contributed by atoms with Crippen LogP contribution in [0.2, 0.25) is 5.02 Å². The van der Waals surface area contributed by atoms with E-state index in [0.717, 1.165) is 38.7 Å². The van der Waals surface area contributed by atoms with Gasteiger partial charge in [-0.05, 0) is 56.0 Å². The lowest BCUT2D eigenvalue weighted by molar-refractivity contribution is 0.0680. The number of halogens is 1. The molecule has 9 heteroatoms. The van der Waals surface area contributed by atoms with Crippen LogP contribution in [0.5, 0.6) is 5.75 Å². The van der Waals surface area contributed by atoms with E-state index in [-0.39, 0.29) is 21.6 Å². The van der Waals surface area contributed by atoms with Crippen molar-refractivity contribution in [2.24, 2.45) is 0 Å². The Balaban J connectivity index is 1.47. The van der Waals surface area contributed by atoms with Gasteiger partial charge >= 0.3 is 0 Å². The fourth-order valence-electron chi connectivity index (χ4n) is 3.92. The van der Waals surface area contributed by atoms with Crippen molar-refractivity contribution in [2.75, 3.05) is 31.6 Å². The second-order valence-corrected chi connectivity index (χ2v) is 10.4. The molecule has 4 rings (SSSR count). The summed E-state index contributed by atoms with van der Waals surface area (Å²) in [6.45, 7) is 2.20. The van der Waals surface area contributed by atoms with Crippen molar-refractivity contribution in [1.82, 2.24) is 4.31 Å². The van der Waals surface area contributed by atoms with Crippen LogP contribution in [0.3, 0.4) is 0 Å². The number of amides is 1. The number of nitrogens with one attached hydrogen (secondary N) is 1. The van der Waals surface area contributed by atoms with Gasteiger partial charge in [0.1, 0.15) is 12.4 Å². The molecule has 0 radical (unpaired) electrons. The zero-order valence-electron chi connectivity index (χ0n) is 17.8. The minimum Gasteiger partial charge on any atom is -0.491 e. The highest BCUT2D eigenvalue weighted by Gasteiger charge is 2.27. The Morgan fingerprint density at radius 2 is 1.94 bits per heavy atom. The van der Waals surface area contributed by atoms with Crippen molar-refractivity contribution in [3.8, 4) is 5.75 Å². The third-order valence-corrected chi connectivity index (χ3v) is 7.91. The van der Waals surface area contributed by atoms with Crippen LogP contribution in [-0.4, -0.2) is 51.0 Å². The number of carbonyl (C=O) groups is 1. The summed E-state index contributed by atoms with van der Waals surface area (Å²) < 4.78 is 38.8. The number of piperidine rings is 1. The van der Waals surface area contributed by atoms with Gasteiger partial charge in [0.2, 0.25) is 10.0 Å². The smallest absolute Gasteiger partial charge is 0.257 e. The summed E-state index contributed by atoms with van der Waals surface area (Å²) in [4.78, 5) is 13.0. The minimum atomic E-state index is -3.67. The SMILES string of the molecule is O=C(Nc1cccc(OCC2CCCO2)c1)c1cc(S(=O)(=O)N2CCCCC2)ccc1Cl. The molecular formula is C23H27ClN2O5S. The van der Waals surface area contributed by atoms with E-state index >= 15 is 0 Å². The molecule has 1 amide bonds. The summed E-state index contributed by atoms with van der Waals surface area (Å²) in [5.74, 6) is 0.132. The van der Waals surface area contributed by atoms with Gasteiger partial charge in [0, 0.05) is 31.5 Å². The Morgan fingerprint density at radius 1 is 1.12 bits per heavy atom. The number of anilines is 1. The molecule has 2 fully saturated rings. The lowest BCUT2D eigenvalue weighted by Gasteiger charge is -2.26. The van der Waals surface area contributed by atoms with Gasteiger partial charge in [-0.25, -0.2) is 8.42 Å². The number of hydrogen-bond acceptors (Lipinski definition) is 5. The number of sulfonamides is 1. The summed E-state index contributed by atoms with van der Waals surface area (Å²) in [6, 6.07) is 11.3. The van der Waals surface area contributed by atoms with Crippen LogP contribution < -0.4 is 10.1 Å². The molecule has 2 aliphatic heterocycles. The fourth-order valence-corrected chi connectivity index (χ4v) is 5.67. The highest BCUT2D eigenvalue weighted by atomic mass is 35.5. The first-order valence-electron chi connectivity index (χ1n) is 10.9. The first-order valence-corrected chi connectivity index (χ1v) is 12.7. The maximum atomic E-state index is 13.0. The number of carbonyl (C=O) groups excluding carboxylic acids is 1. The topological polar surface area (TPSA) is 84.9 Å². The maximum absolute atomic E-state index is 13.0. The molecule has 0 bridgehead atoms. The molecule has 0 saturated carbocycles. The normalized spacial score (nSPS) is 19.6.